The number of rotatable bonds is 8. The summed E-state index contributed by atoms with van der Waals surface area (Å²) < 4.78 is 34.9. The molecule has 0 atom stereocenters. The monoisotopic (exact) mass is 478 g/mol. The summed E-state index contributed by atoms with van der Waals surface area (Å²) in [6.45, 7) is -3.14. The number of carbonyl (C=O) groups excluding carboxylic acids is 2. The van der Waals surface area contributed by atoms with Crippen LogP contribution in [0.2, 0.25) is 0 Å². The van der Waals surface area contributed by atoms with Crippen LogP contribution in [0.25, 0.3) is 0 Å². The third kappa shape index (κ3) is 5.90. The quantitative estimate of drug-likeness (QED) is 0.498. The molecule has 6 nitrogen and oxygen atoms in total. The van der Waals surface area contributed by atoms with E-state index in [9.17, 15) is 18.4 Å². The molecule has 1 aromatic heterocycles. The number of nitrogens with one attached hydrogen (secondary N) is 1. The molecule has 0 saturated heterocycles. The molecule has 2 amide bonds. The molecule has 0 spiro atoms. The summed E-state index contributed by atoms with van der Waals surface area (Å²) in [5.41, 5.74) is 0.790. The molecule has 0 radical (unpaired) electrons. The maximum absolute atomic E-state index is 13.0. The van der Waals surface area contributed by atoms with Crippen LogP contribution in [0.15, 0.2) is 75.8 Å². The van der Waals surface area contributed by atoms with Gasteiger partial charge in [0, 0.05) is 10.0 Å². The van der Waals surface area contributed by atoms with Crippen LogP contribution in [0.1, 0.15) is 16.1 Å². The van der Waals surface area contributed by atoms with Crippen LogP contribution >= 0.6 is 15.9 Å². The van der Waals surface area contributed by atoms with Gasteiger partial charge in [-0.15, -0.1) is 0 Å². The molecule has 0 fully saturated rings. The zero-order chi connectivity index (χ0) is 21.5. The van der Waals surface area contributed by atoms with Crippen molar-refractivity contribution in [3.8, 4) is 5.75 Å². The van der Waals surface area contributed by atoms with Gasteiger partial charge in [0.15, 0.2) is 0 Å². The number of nitrogens with zero attached hydrogens (tertiary/aromatic N) is 1. The SMILES string of the molecule is O=C(CN(Cc1ccco1)C(=O)c1ccc(OC(F)F)cc1)Nc1ccccc1Br. The van der Waals surface area contributed by atoms with E-state index in [1.165, 1.54) is 35.4 Å². The first-order chi connectivity index (χ1) is 14.4. The Morgan fingerprint density at radius 3 is 2.43 bits per heavy atom. The molecule has 0 saturated carbocycles. The maximum Gasteiger partial charge on any atom is 0.387 e. The number of alkyl halides is 2. The lowest BCUT2D eigenvalue weighted by Gasteiger charge is -2.21. The van der Waals surface area contributed by atoms with E-state index in [4.69, 9.17) is 4.42 Å². The Hall–Kier alpha value is -3.20. The van der Waals surface area contributed by atoms with Crippen LogP contribution < -0.4 is 10.1 Å². The van der Waals surface area contributed by atoms with Gasteiger partial charge >= 0.3 is 6.61 Å². The van der Waals surface area contributed by atoms with Crippen LogP contribution in [0.4, 0.5) is 14.5 Å². The Kier molecular flexibility index (Phi) is 7.18. The van der Waals surface area contributed by atoms with Gasteiger partial charge in [0.2, 0.25) is 5.91 Å². The van der Waals surface area contributed by atoms with E-state index in [2.05, 4.69) is 26.0 Å². The molecule has 1 heterocycles. The van der Waals surface area contributed by atoms with Crippen molar-refractivity contribution in [3.05, 3.63) is 82.7 Å². The van der Waals surface area contributed by atoms with E-state index in [0.717, 1.165) is 0 Å². The largest absolute Gasteiger partial charge is 0.467 e. The Bertz CT molecular complexity index is 995. The van der Waals surface area contributed by atoms with Gasteiger partial charge in [-0.1, -0.05) is 12.1 Å². The topological polar surface area (TPSA) is 71.8 Å². The third-order valence-electron chi connectivity index (χ3n) is 4.02. The molecule has 3 rings (SSSR count). The number of hydrogen-bond acceptors (Lipinski definition) is 4. The predicted molar refractivity (Wildman–Crippen MR) is 109 cm³/mol. The van der Waals surface area contributed by atoms with Crippen molar-refractivity contribution in [3.63, 3.8) is 0 Å². The molecular formula is C21H17BrF2N2O4. The lowest BCUT2D eigenvalue weighted by molar-refractivity contribution is -0.117. The van der Waals surface area contributed by atoms with Crippen LogP contribution in [-0.4, -0.2) is 29.9 Å². The molecule has 9 heteroatoms. The van der Waals surface area contributed by atoms with Crippen molar-refractivity contribution in [2.75, 3.05) is 11.9 Å². The molecule has 30 heavy (non-hydrogen) atoms. The zero-order valence-electron chi connectivity index (χ0n) is 15.6. The van der Waals surface area contributed by atoms with Gasteiger partial charge in [0.05, 0.1) is 18.5 Å². The smallest absolute Gasteiger partial charge is 0.387 e. The second-order valence-electron chi connectivity index (χ2n) is 6.17. The van der Waals surface area contributed by atoms with Crippen molar-refractivity contribution >= 4 is 33.4 Å². The lowest BCUT2D eigenvalue weighted by Crippen LogP contribution is -2.37. The normalized spacial score (nSPS) is 10.7. The highest BCUT2D eigenvalue weighted by Gasteiger charge is 2.21. The summed E-state index contributed by atoms with van der Waals surface area (Å²) in [5.74, 6) is -0.433. The number of ether oxygens (including phenoxy) is 1. The van der Waals surface area contributed by atoms with Gasteiger partial charge in [-0.2, -0.15) is 8.78 Å². The molecule has 156 valence electrons. The molecule has 0 bridgehead atoms. The third-order valence-corrected chi connectivity index (χ3v) is 4.71. The first-order valence-electron chi connectivity index (χ1n) is 8.83. The van der Waals surface area contributed by atoms with Crippen molar-refractivity contribution in [1.82, 2.24) is 4.90 Å². The maximum atomic E-state index is 13.0. The lowest BCUT2D eigenvalue weighted by atomic mass is 10.2. The fourth-order valence-corrected chi connectivity index (χ4v) is 3.06. The van der Waals surface area contributed by atoms with Crippen LogP contribution in [0.3, 0.4) is 0 Å². The summed E-state index contributed by atoms with van der Waals surface area (Å²) in [6, 6.07) is 15.7. The highest BCUT2D eigenvalue weighted by Crippen LogP contribution is 2.21. The number of para-hydroxylation sites is 1. The Morgan fingerprint density at radius 1 is 1.07 bits per heavy atom. The number of benzene rings is 2. The average Bonchev–Trinajstić information content (AvgIpc) is 3.22. The van der Waals surface area contributed by atoms with E-state index in [0.29, 0.717) is 15.9 Å². The molecule has 3 aromatic rings. The zero-order valence-corrected chi connectivity index (χ0v) is 17.1. The van der Waals surface area contributed by atoms with E-state index in [-0.39, 0.29) is 24.4 Å². The summed E-state index contributed by atoms with van der Waals surface area (Å²) in [7, 11) is 0. The minimum absolute atomic E-state index is 0.0600. The number of amides is 2. The summed E-state index contributed by atoms with van der Waals surface area (Å²) in [5, 5.41) is 2.74. The van der Waals surface area contributed by atoms with E-state index >= 15 is 0 Å². The summed E-state index contributed by atoms with van der Waals surface area (Å²) >= 11 is 3.35. The fourth-order valence-electron chi connectivity index (χ4n) is 2.68. The predicted octanol–water partition coefficient (Wildman–Crippen LogP) is 4.92. The van der Waals surface area contributed by atoms with Crippen LogP contribution in [0, 0.1) is 0 Å². The first-order valence-corrected chi connectivity index (χ1v) is 9.62. The van der Waals surface area contributed by atoms with Gasteiger partial charge in [0.1, 0.15) is 18.1 Å². The minimum Gasteiger partial charge on any atom is -0.467 e. The molecule has 0 unspecified atom stereocenters. The highest BCUT2D eigenvalue weighted by molar-refractivity contribution is 9.10. The van der Waals surface area contributed by atoms with Crippen LogP contribution in [-0.2, 0) is 11.3 Å². The Labute approximate surface area is 179 Å². The number of anilines is 1. The molecule has 0 aliphatic heterocycles. The van der Waals surface area contributed by atoms with Crippen molar-refractivity contribution in [2.45, 2.75) is 13.2 Å². The summed E-state index contributed by atoms with van der Waals surface area (Å²) in [6.07, 6.45) is 1.47. The number of halogens is 3. The van der Waals surface area contributed by atoms with Gasteiger partial charge in [-0.25, -0.2) is 0 Å². The second-order valence-corrected chi connectivity index (χ2v) is 7.03. The molecular weight excluding hydrogens is 462 g/mol. The Balaban J connectivity index is 1.75. The molecule has 1 N–H and O–H groups in total. The standard InChI is InChI=1S/C21H17BrF2N2O4/c22-17-5-1-2-6-18(17)25-19(27)13-26(12-16-4-3-11-29-16)20(28)14-7-9-15(10-8-14)30-21(23)24/h1-11,21H,12-13H2,(H,25,27). The number of furan rings is 1. The Morgan fingerprint density at radius 2 is 1.80 bits per heavy atom. The molecule has 0 aliphatic carbocycles. The first kappa shape index (κ1) is 21.5. The van der Waals surface area contributed by atoms with Crippen molar-refractivity contribution in [2.24, 2.45) is 0 Å². The number of carbonyl (C=O) groups is 2. The van der Waals surface area contributed by atoms with E-state index in [1.807, 2.05) is 6.07 Å². The van der Waals surface area contributed by atoms with E-state index in [1.54, 1.807) is 30.3 Å². The van der Waals surface area contributed by atoms with Gasteiger partial charge in [0.25, 0.3) is 5.91 Å². The highest BCUT2D eigenvalue weighted by atomic mass is 79.9. The minimum atomic E-state index is -2.96. The van der Waals surface area contributed by atoms with Gasteiger partial charge in [-0.3, -0.25) is 9.59 Å². The van der Waals surface area contributed by atoms with Gasteiger partial charge < -0.3 is 19.4 Å². The number of hydrogen-bond donors (Lipinski definition) is 1. The van der Waals surface area contributed by atoms with Crippen molar-refractivity contribution in [1.29, 1.82) is 0 Å². The fraction of sp³-hybridized carbons (Fsp3) is 0.143. The molecule has 0 aliphatic rings. The van der Waals surface area contributed by atoms with E-state index < -0.39 is 18.4 Å². The van der Waals surface area contributed by atoms with Gasteiger partial charge in [-0.05, 0) is 64.5 Å². The average molecular weight is 479 g/mol. The van der Waals surface area contributed by atoms with Crippen molar-refractivity contribution < 1.29 is 27.5 Å². The molecule has 2 aromatic carbocycles. The summed E-state index contributed by atoms with van der Waals surface area (Å²) in [4.78, 5) is 26.8. The second kappa shape index (κ2) is 10.0. The van der Waals surface area contributed by atoms with Crippen LogP contribution in [0.5, 0.6) is 5.75 Å².